The Morgan fingerprint density at radius 2 is 2.21 bits per heavy atom. The Balaban J connectivity index is 1.48. The minimum absolute atomic E-state index is 0.147. The molecule has 2 aromatic heterocycles. The van der Waals surface area contributed by atoms with Crippen LogP contribution < -0.4 is 15.5 Å². The summed E-state index contributed by atoms with van der Waals surface area (Å²) in [6, 6.07) is 5.97. The molecule has 0 aliphatic heterocycles. The van der Waals surface area contributed by atoms with E-state index in [1.807, 2.05) is 14.0 Å². The third-order valence-corrected chi connectivity index (χ3v) is 5.31. The fourth-order valence-corrected chi connectivity index (χ4v) is 3.77. The van der Waals surface area contributed by atoms with Crippen LogP contribution in [0.2, 0.25) is 0 Å². The molecule has 0 bridgehead atoms. The number of aryl methyl sites for hydroxylation is 3. The van der Waals surface area contributed by atoms with E-state index in [1.165, 1.54) is 18.2 Å². The van der Waals surface area contributed by atoms with E-state index in [0.717, 1.165) is 47.1 Å². The maximum absolute atomic E-state index is 13.6. The molecular weight excluding hydrogens is 361 g/mol. The van der Waals surface area contributed by atoms with Crippen LogP contribution in [-0.4, -0.2) is 22.1 Å². The highest BCUT2D eigenvalue weighted by atomic mass is 19.1. The van der Waals surface area contributed by atoms with E-state index in [4.69, 9.17) is 4.74 Å². The van der Waals surface area contributed by atoms with Gasteiger partial charge < -0.3 is 19.6 Å². The van der Waals surface area contributed by atoms with Gasteiger partial charge in [0, 0.05) is 41.6 Å². The van der Waals surface area contributed by atoms with Crippen molar-refractivity contribution in [1.29, 1.82) is 0 Å². The number of halogens is 1. The third kappa shape index (κ3) is 3.40. The van der Waals surface area contributed by atoms with Crippen LogP contribution in [0.4, 0.5) is 4.39 Å². The molecule has 1 unspecified atom stereocenters. The molecule has 0 saturated heterocycles. The van der Waals surface area contributed by atoms with E-state index in [-0.39, 0.29) is 35.6 Å². The van der Waals surface area contributed by atoms with Crippen molar-refractivity contribution >= 4 is 16.8 Å². The number of fused-ring (bicyclic) bond motifs is 3. The number of pyridine rings is 1. The lowest BCUT2D eigenvalue weighted by Gasteiger charge is -2.23. The molecule has 146 valence electrons. The van der Waals surface area contributed by atoms with Gasteiger partial charge in [-0.1, -0.05) is 0 Å². The number of benzene rings is 1. The maximum atomic E-state index is 13.6. The smallest absolute Gasteiger partial charge is 0.258 e. The number of aromatic amines is 1. The first-order chi connectivity index (χ1) is 13.4. The number of nitrogens with one attached hydrogen (secondary N) is 2. The lowest BCUT2D eigenvalue weighted by Crippen LogP contribution is -2.35. The van der Waals surface area contributed by atoms with Crippen molar-refractivity contribution in [3.05, 3.63) is 63.5 Å². The molecular formula is C21H22FN3O3. The molecule has 1 aliphatic carbocycles. The van der Waals surface area contributed by atoms with Crippen molar-refractivity contribution in [3.63, 3.8) is 0 Å². The molecule has 1 atom stereocenters. The van der Waals surface area contributed by atoms with E-state index >= 15 is 0 Å². The summed E-state index contributed by atoms with van der Waals surface area (Å²) in [6.07, 6.45) is 4.12. The van der Waals surface area contributed by atoms with Gasteiger partial charge in [0.25, 0.3) is 5.91 Å². The van der Waals surface area contributed by atoms with Gasteiger partial charge in [0.2, 0.25) is 5.43 Å². The van der Waals surface area contributed by atoms with Crippen LogP contribution in [-0.2, 0) is 18.3 Å². The second-order valence-electron chi connectivity index (χ2n) is 7.26. The number of amides is 1. The number of carbonyl (C=O) groups excluding carboxylic acids is 1. The molecule has 28 heavy (non-hydrogen) atoms. The Bertz CT molecular complexity index is 1120. The van der Waals surface area contributed by atoms with Gasteiger partial charge in [-0.25, -0.2) is 4.39 Å². The number of rotatable bonds is 4. The molecule has 1 aromatic carbocycles. The molecule has 0 radical (unpaired) electrons. The van der Waals surface area contributed by atoms with Crippen LogP contribution in [0.3, 0.4) is 0 Å². The Morgan fingerprint density at radius 3 is 3.04 bits per heavy atom. The maximum Gasteiger partial charge on any atom is 0.258 e. The van der Waals surface area contributed by atoms with Crippen molar-refractivity contribution < 1.29 is 13.9 Å². The highest BCUT2D eigenvalue weighted by Crippen LogP contribution is 2.34. The first-order valence-electron chi connectivity index (χ1n) is 9.32. The number of hydrogen-bond donors (Lipinski definition) is 2. The van der Waals surface area contributed by atoms with Gasteiger partial charge in [-0.2, -0.15) is 0 Å². The topological polar surface area (TPSA) is 76.1 Å². The zero-order valence-corrected chi connectivity index (χ0v) is 15.8. The first kappa shape index (κ1) is 18.3. The van der Waals surface area contributed by atoms with Crippen LogP contribution in [0.25, 0.3) is 10.9 Å². The van der Waals surface area contributed by atoms with Crippen molar-refractivity contribution in [1.82, 2.24) is 14.9 Å². The quantitative estimate of drug-likeness (QED) is 0.727. The second kappa shape index (κ2) is 7.14. The highest BCUT2D eigenvalue weighted by Gasteiger charge is 2.26. The number of H-pyrrole nitrogens is 1. The lowest BCUT2D eigenvalue weighted by molar-refractivity contribution is -0.124. The summed E-state index contributed by atoms with van der Waals surface area (Å²) in [5, 5.41) is 3.84. The highest BCUT2D eigenvalue weighted by molar-refractivity contribution is 5.86. The van der Waals surface area contributed by atoms with Crippen molar-refractivity contribution in [2.24, 2.45) is 7.05 Å². The number of hydrogen-bond acceptors (Lipinski definition) is 3. The summed E-state index contributed by atoms with van der Waals surface area (Å²) >= 11 is 0. The molecule has 1 amide bonds. The van der Waals surface area contributed by atoms with Crippen LogP contribution in [0, 0.1) is 12.7 Å². The molecule has 2 heterocycles. The second-order valence-corrected chi connectivity index (χ2v) is 7.26. The van der Waals surface area contributed by atoms with E-state index in [1.54, 1.807) is 16.8 Å². The summed E-state index contributed by atoms with van der Waals surface area (Å²) in [5.74, 6) is -0.424. The Labute approximate surface area is 161 Å². The molecule has 7 heteroatoms. The predicted molar refractivity (Wildman–Crippen MR) is 104 cm³/mol. The van der Waals surface area contributed by atoms with Crippen molar-refractivity contribution in [3.8, 4) is 5.75 Å². The monoisotopic (exact) mass is 383 g/mol. The van der Waals surface area contributed by atoms with E-state index in [9.17, 15) is 14.0 Å². The number of nitrogens with zero attached hydrogens (tertiary/aromatic N) is 1. The summed E-state index contributed by atoms with van der Waals surface area (Å²) in [5.41, 5.74) is 3.41. The van der Waals surface area contributed by atoms with Gasteiger partial charge in [-0.05, 0) is 49.9 Å². The van der Waals surface area contributed by atoms with Gasteiger partial charge >= 0.3 is 0 Å². The Kier molecular flexibility index (Phi) is 4.66. The fourth-order valence-electron chi connectivity index (χ4n) is 3.77. The largest absolute Gasteiger partial charge is 0.478 e. The molecule has 4 rings (SSSR count). The summed E-state index contributed by atoms with van der Waals surface area (Å²) < 4.78 is 20.8. The average Bonchev–Trinajstić information content (AvgIpc) is 3.03. The zero-order valence-electron chi connectivity index (χ0n) is 15.8. The normalized spacial score (nSPS) is 16.0. The Hall–Kier alpha value is -3.09. The molecule has 6 nitrogen and oxygen atoms in total. The van der Waals surface area contributed by atoms with Gasteiger partial charge in [0.15, 0.2) is 12.4 Å². The van der Waals surface area contributed by atoms with Crippen molar-refractivity contribution in [2.45, 2.75) is 32.2 Å². The van der Waals surface area contributed by atoms with Crippen molar-refractivity contribution in [2.75, 3.05) is 6.61 Å². The minimum Gasteiger partial charge on any atom is -0.478 e. The fraction of sp³-hybridized carbons (Fsp3) is 0.333. The average molecular weight is 383 g/mol. The van der Waals surface area contributed by atoms with Gasteiger partial charge in [-0.15, -0.1) is 0 Å². The summed E-state index contributed by atoms with van der Waals surface area (Å²) in [6.45, 7) is 1.59. The van der Waals surface area contributed by atoms with E-state index in [0.29, 0.717) is 0 Å². The zero-order chi connectivity index (χ0) is 19.8. The Morgan fingerprint density at radius 1 is 1.39 bits per heavy atom. The number of aromatic nitrogens is 2. The lowest BCUT2D eigenvalue weighted by atomic mass is 9.91. The number of carbonyl (C=O) groups is 1. The van der Waals surface area contributed by atoms with E-state index < -0.39 is 0 Å². The molecule has 1 aliphatic rings. The van der Waals surface area contributed by atoms with Crippen LogP contribution in [0.5, 0.6) is 5.75 Å². The molecule has 3 aromatic rings. The molecule has 0 fully saturated rings. The van der Waals surface area contributed by atoms with Crippen LogP contribution >= 0.6 is 0 Å². The third-order valence-electron chi connectivity index (χ3n) is 5.31. The van der Waals surface area contributed by atoms with Crippen LogP contribution in [0.15, 0.2) is 35.3 Å². The summed E-state index contributed by atoms with van der Waals surface area (Å²) in [7, 11) is 1.81. The first-order valence-corrected chi connectivity index (χ1v) is 9.32. The molecule has 0 spiro atoms. The van der Waals surface area contributed by atoms with Gasteiger partial charge in [0.1, 0.15) is 5.82 Å². The van der Waals surface area contributed by atoms with E-state index in [2.05, 4.69) is 10.3 Å². The number of ether oxygens (including phenoxy) is 1. The standard InChI is InChI=1S/C21H22FN3O3/c1-12-8-18(26)19(10-25(12)2)28-11-20(27)23-17-5-3-4-14-15-9-13(22)6-7-16(15)24-21(14)17/h6-10,17,24H,3-5,11H2,1-2H3,(H,23,27). The predicted octanol–water partition coefficient (Wildman–Crippen LogP) is 2.89. The molecule has 0 saturated carbocycles. The van der Waals surface area contributed by atoms with Crippen LogP contribution in [0.1, 0.15) is 35.8 Å². The minimum atomic E-state index is -0.301. The molecule has 2 N–H and O–H groups in total. The summed E-state index contributed by atoms with van der Waals surface area (Å²) in [4.78, 5) is 27.7. The van der Waals surface area contributed by atoms with Gasteiger partial charge in [-0.3, -0.25) is 9.59 Å². The SMILES string of the molecule is Cc1cc(=O)c(OCC(=O)NC2CCCc3c2[nH]c2ccc(F)cc32)cn1C. The van der Waals surface area contributed by atoms with Gasteiger partial charge in [0.05, 0.1) is 6.04 Å².